The first kappa shape index (κ1) is 17.9. The number of H-pyrrole nitrogens is 1. The molecule has 1 aliphatic rings. The third-order valence-corrected chi connectivity index (χ3v) is 5.43. The first-order chi connectivity index (χ1) is 13.3. The Labute approximate surface area is 161 Å². The van der Waals surface area contributed by atoms with Gasteiger partial charge in [0.05, 0.1) is 11.5 Å². The van der Waals surface area contributed by atoms with E-state index in [0.29, 0.717) is 28.7 Å². The van der Waals surface area contributed by atoms with Gasteiger partial charge in [-0.3, -0.25) is 9.78 Å². The van der Waals surface area contributed by atoms with Crippen LogP contribution in [0.5, 0.6) is 0 Å². The Hall–Kier alpha value is -2.45. The van der Waals surface area contributed by atoms with Crippen molar-refractivity contribution in [2.24, 2.45) is 0 Å². The van der Waals surface area contributed by atoms with Gasteiger partial charge in [-0.2, -0.15) is 0 Å². The van der Waals surface area contributed by atoms with Crippen LogP contribution in [0.15, 0.2) is 34.6 Å². The molecular weight excluding hydrogens is 362 g/mol. The summed E-state index contributed by atoms with van der Waals surface area (Å²) in [6.45, 7) is 3.47. The maximum absolute atomic E-state index is 11.7. The van der Waals surface area contributed by atoms with Crippen molar-refractivity contribution in [3.63, 3.8) is 0 Å². The molecule has 8 heteroatoms. The van der Waals surface area contributed by atoms with Crippen molar-refractivity contribution in [3.8, 4) is 0 Å². The van der Waals surface area contributed by atoms with Crippen molar-refractivity contribution < 1.29 is 9.53 Å². The van der Waals surface area contributed by atoms with Gasteiger partial charge in [-0.25, -0.2) is 9.97 Å². The fraction of sp³-hybridized carbons (Fsp3) is 0.368. The highest BCUT2D eigenvalue weighted by Gasteiger charge is 2.20. The standard InChI is InChI=1S/C19H21N5O2S/c1-2-15-14(11-25)16-17(21-9-12-5-4-8-26-12)23-19(24-18(16)22-15)27-13-6-3-7-20-10-13/h3,6-7,10-12H,2,4-5,8-9H2,1H3,(H2,21,22,23,24). The number of anilines is 1. The van der Waals surface area contributed by atoms with Gasteiger partial charge in [0.15, 0.2) is 11.4 Å². The molecule has 3 aromatic rings. The molecule has 2 N–H and O–H groups in total. The highest BCUT2D eigenvalue weighted by Crippen LogP contribution is 2.31. The molecule has 140 valence electrons. The summed E-state index contributed by atoms with van der Waals surface area (Å²) in [5, 5.41) is 4.73. The molecule has 3 aromatic heterocycles. The predicted octanol–water partition coefficient (Wildman–Crippen LogP) is 3.47. The molecule has 0 saturated carbocycles. The van der Waals surface area contributed by atoms with E-state index >= 15 is 0 Å². The van der Waals surface area contributed by atoms with Gasteiger partial charge in [0.2, 0.25) is 0 Å². The van der Waals surface area contributed by atoms with Crippen LogP contribution in [0.3, 0.4) is 0 Å². The average Bonchev–Trinajstić information content (AvgIpc) is 3.34. The van der Waals surface area contributed by atoms with Gasteiger partial charge in [0, 0.05) is 41.7 Å². The first-order valence-electron chi connectivity index (χ1n) is 9.09. The lowest BCUT2D eigenvalue weighted by Crippen LogP contribution is -2.19. The average molecular weight is 383 g/mol. The third-order valence-electron chi connectivity index (χ3n) is 4.59. The van der Waals surface area contributed by atoms with Crippen LogP contribution in [-0.4, -0.2) is 45.5 Å². The van der Waals surface area contributed by atoms with E-state index in [2.05, 4.69) is 20.3 Å². The molecule has 0 amide bonds. The van der Waals surface area contributed by atoms with Crippen LogP contribution in [0.4, 0.5) is 5.82 Å². The number of aromatic amines is 1. The number of rotatable bonds is 7. The SMILES string of the molecule is CCc1[nH]c2nc(Sc3cccnc3)nc(NCC3CCCO3)c2c1C=O. The fourth-order valence-corrected chi connectivity index (χ4v) is 4.00. The van der Waals surface area contributed by atoms with Gasteiger partial charge in [0.25, 0.3) is 0 Å². The van der Waals surface area contributed by atoms with Gasteiger partial charge in [0.1, 0.15) is 11.5 Å². The predicted molar refractivity (Wildman–Crippen MR) is 104 cm³/mol. The summed E-state index contributed by atoms with van der Waals surface area (Å²) in [6.07, 6.45) is 7.41. The van der Waals surface area contributed by atoms with E-state index in [4.69, 9.17) is 9.72 Å². The molecule has 1 saturated heterocycles. The quantitative estimate of drug-likeness (QED) is 0.477. The Balaban J connectivity index is 1.72. The van der Waals surface area contributed by atoms with Crippen molar-refractivity contribution in [1.29, 1.82) is 0 Å². The number of nitrogens with one attached hydrogen (secondary N) is 2. The molecule has 0 aromatic carbocycles. The second kappa shape index (κ2) is 8.06. The largest absolute Gasteiger partial charge is 0.376 e. The summed E-state index contributed by atoms with van der Waals surface area (Å²) >= 11 is 1.44. The first-order valence-corrected chi connectivity index (χ1v) is 9.91. The molecule has 1 aliphatic heterocycles. The Kier molecular flexibility index (Phi) is 5.35. The number of nitrogens with zero attached hydrogens (tertiary/aromatic N) is 3. The number of fused-ring (bicyclic) bond motifs is 1. The monoisotopic (exact) mass is 383 g/mol. The molecule has 0 radical (unpaired) electrons. The summed E-state index contributed by atoms with van der Waals surface area (Å²) in [5.41, 5.74) is 2.17. The molecule has 1 unspecified atom stereocenters. The molecule has 1 atom stereocenters. The van der Waals surface area contributed by atoms with Crippen molar-refractivity contribution in [2.75, 3.05) is 18.5 Å². The van der Waals surface area contributed by atoms with E-state index in [0.717, 1.165) is 48.1 Å². The smallest absolute Gasteiger partial charge is 0.196 e. The molecule has 0 bridgehead atoms. The number of aldehydes is 1. The number of hydrogen-bond donors (Lipinski definition) is 2. The van der Waals surface area contributed by atoms with E-state index in [-0.39, 0.29) is 6.10 Å². The molecule has 0 aliphatic carbocycles. The maximum Gasteiger partial charge on any atom is 0.196 e. The topological polar surface area (TPSA) is 92.8 Å². The van der Waals surface area contributed by atoms with Crippen LogP contribution < -0.4 is 5.32 Å². The number of aryl methyl sites for hydroxylation is 1. The second-order valence-corrected chi connectivity index (χ2v) is 7.41. The van der Waals surface area contributed by atoms with Gasteiger partial charge < -0.3 is 15.0 Å². The number of hydrogen-bond acceptors (Lipinski definition) is 7. The highest BCUT2D eigenvalue weighted by atomic mass is 32.2. The van der Waals surface area contributed by atoms with E-state index in [9.17, 15) is 4.79 Å². The highest BCUT2D eigenvalue weighted by molar-refractivity contribution is 7.99. The van der Waals surface area contributed by atoms with Crippen molar-refractivity contribution in [2.45, 2.75) is 42.3 Å². The molecule has 4 heterocycles. The third kappa shape index (κ3) is 3.81. The summed E-state index contributed by atoms with van der Waals surface area (Å²) in [4.78, 5) is 29.4. The number of pyridine rings is 1. The number of ether oxygens (including phenoxy) is 1. The zero-order valence-corrected chi connectivity index (χ0v) is 15.9. The second-order valence-electron chi connectivity index (χ2n) is 6.37. The Bertz CT molecular complexity index is 938. The van der Waals surface area contributed by atoms with Crippen molar-refractivity contribution in [3.05, 3.63) is 35.8 Å². The lowest BCUT2D eigenvalue weighted by molar-refractivity contribution is 0.112. The zero-order valence-electron chi connectivity index (χ0n) is 15.1. The van der Waals surface area contributed by atoms with Gasteiger partial charge in [-0.15, -0.1) is 0 Å². The Morgan fingerprint density at radius 3 is 3.07 bits per heavy atom. The van der Waals surface area contributed by atoms with Gasteiger partial charge in [-0.1, -0.05) is 6.92 Å². The van der Waals surface area contributed by atoms with E-state index in [1.54, 1.807) is 12.4 Å². The number of carbonyl (C=O) groups is 1. The summed E-state index contributed by atoms with van der Waals surface area (Å²) in [6, 6.07) is 3.85. The van der Waals surface area contributed by atoms with Crippen LogP contribution in [0.25, 0.3) is 11.0 Å². The molecule has 7 nitrogen and oxygen atoms in total. The van der Waals surface area contributed by atoms with Crippen LogP contribution in [0.1, 0.15) is 35.8 Å². The molecule has 4 rings (SSSR count). The molecular formula is C19H21N5O2S. The minimum absolute atomic E-state index is 0.175. The van der Waals surface area contributed by atoms with E-state index in [1.165, 1.54) is 11.8 Å². The molecule has 27 heavy (non-hydrogen) atoms. The zero-order chi connectivity index (χ0) is 18.6. The van der Waals surface area contributed by atoms with E-state index < -0.39 is 0 Å². The maximum atomic E-state index is 11.7. The van der Waals surface area contributed by atoms with E-state index in [1.807, 2.05) is 19.1 Å². The van der Waals surface area contributed by atoms with Crippen LogP contribution in [-0.2, 0) is 11.2 Å². The number of aromatic nitrogens is 4. The van der Waals surface area contributed by atoms with Crippen molar-refractivity contribution >= 4 is 34.9 Å². The Morgan fingerprint density at radius 2 is 2.37 bits per heavy atom. The minimum Gasteiger partial charge on any atom is -0.376 e. The van der Waals surface area contributed by atoms with Crippen LogP contribution >= 0.6 is 11.8 Å². The van der Waals surface area contributed by atoms with Crippen LogP contribution in [0.2, 0.25) is 0 Å². The summed E-state index contributed by atoms with van der Waals surface area (Å²) in [5.74, 6) is 0.667. The lowest BCUT2D eigenvalue weighted by Gasteiger charge is -2.13. The number of carbonyl (C=O) groups excluding carboxylic acids is 1. The van der Waals surface area contributed by atoms with Gasteiger partial charge in [-0.05, 0) is 43.2 Å². The Morgan fingerprint density at radius 1 is 1.44 bits per heavy atom. The molecule has 1 fully saturated rings. The van der Waals surface area contributed by atoms with Crippen molar-refractivity contribution in [1.82, 2.24) is 19.9 Å². The van der Waals surface area contributed by atoms with Crippen LogP contribution in [0, 0.1) is 0 Å². The molecule has 0 spiro atoms. The summed E-state index contributed by atoms with van der Waals surface area (Å²) < 4.78 is 5.70. The fourth-order valence-electron chi connectivity index (χ4n) is 3.26. The normalized spacial score (nSPS) is 16.7. The lowest BCUT2D eigenvalue weighted by atomic mass is 10.1. The summed E-state index contributed by atoms with van der Waals surface area (Å²) in [7, 11) is 0. The van der Waals surface area contributed by atoms with Gasteiger partial charge >= 0.3 is 0 Å². The minimum atomic E-state index is 0.175.